The van der Waals surface area contributed by atoms with Crippen LogP contribution in [-0.2, 0) is 10.4 Å². The van der Waals surface area contributed by atoms with Crippen LogP contribution in [0.2, 0.25) is 0 Å². The second-order valence-corrected chi connectivity index (χ2v) is 1.34. The van der Waals surface area contributed by atoms with E-state index in [-0.39, 0.29) is 65.7 Å². The maximum atomic E-state index is 8.74. The van der Waals surface area contributed by atoms with Gasteiger partial charge in [0.05, 0.1) is 0 Å². The topological polar surface area (TPSA) is 505 Å². The lowest BCUT2D eigenvalue weighted by atomic mass is 13.9. The number of rotatable bonds is 0. The largest absolute Gasteiger partial charge is 0.428 e. The molecule has 0 unspecified atom stereocenters. The van der Waals surface area contributed by atoms with E-state index in [4.69, 9.17) is 17.5 Å². The summed E-state index contributed by atoms with van der Waals surface area (Å²) in [6.45, 7) is 0. The van der Waals surface area contributed by atoms with Gasteiger partial charge in [-0.1, -0.05) is 0 Å². The fourth-order valence-electron chi connectivity index (χ4n) is 0. The molecule has 0 aliphatic rings. The summed E-state index contributed by atoms with van der Waals surface area (Å²) in [6, 6.07) is 0. The second-order valence-electron chi connectivity index (χ2n) is 0.448. The Labute approximate surface area is 136 Å². The first-order valence-electron chi connectivity index (χ1n) is 1.37. The van der Waals surface area contributed by atoms with E-state index in [9.17, 15) is 0 Å². The van der Waals surface area contributed by atoms with Crippen molar-refractivity contribution in [2.45, 2.75) is 0 Å². The van der Waals surface area contributed by atoms with Crippen LogP contribution in [0.1, 0.15) is 0 Å². The highest BCUT2D eigenvalue weighted by atomic mass is 32.3. The lowest BCUT2D eigenvalue weighted by Gasteiger charge is -1.68. The molecular weight excluding hydrogens is 370 g/mol. The van der Waals surface area contributed by atoms with Crippen molar-refractivity contribution in [2.24, 2.45) is 9.43 Å². The van der Waals surface area contributed by atoms with Crippen molar-refractivity contribution in [3.8, 4) is 0 Å². The van der Waals surface area contributed by atoms with Gasteiger partial charge in [-0.3, -0.25) is 9.11 Å². The van der Waals surface area contributed by atoms with Gasteiger partial charge in [-0.2, -0.15) is 8.42 Å². The molecule has 0 aromatic rings. The van der Waals surface area contributed by atoms with E-state index in [1.54, 1.807) is 0 Å². The third-order valence-corrected chi connectivity index (χ3v) is 0. The molecule has 0 aromatic carbocycles. The average Bonchev–Trinajstić information content (AvgIpc) is 1.72. The molecule has 18 nitrogen and oxygen atoms in total. The zero-order chi connectivity index (χ0) is 8.50. The summed E-state index contributed by atoms with van der Waals surface area (Å²) in [5, 5.41) is 0. The molecule has 0 spiro atoms. The zero-order valence-electron chi connectivity index (χ0n) is 10.4. The molecule has 0 aliphatic carbocycles. The van der Waals surface area contributed by atoms with Crippen molar-refractivity contribution in [1.29, 1.82) is 0 Å². The van der Waals surface area contributed by atoms with Crippen molar-refractivity contribution < 1.29 is 83.2 Å². The van der Waals surface area contributed by atoms with Gasteiger partial charge >= 0.3 is 10.4 Å². The number of hydrogen-bond acceptors (Lipinski definition) is 4. The minimum Gasteiger partial charge on any atom is -0.428 e. The van der Waals surface area contributed by atoms with Crippen LogP contribution in [0.5, 0.6) is 0 Å². The van der Waals surface area contributed by atoms with Crippen LogP contribution < -0.4 is 9.43 Å². The van der Waals surface area contributed by atoms with Crippen LogP contribution >= 0.6 is 0 Å². The first-order valence-corrected chi connectivity index (χ1v) is 4.10. The molecule has 30 N–H and O–H groups in total. The molecule has 4 radical (unpaired) electrons. The van der Waals surface area contributed by atoms with Crippen LogP contribution in [0.4, 0.5) is 0 Å². The summed E-state index contributed by atoms with van der Waals surface area (Å²) < 4.78 is 40.4. The van der Waals surface area contributed by atoms with Crippen molar-refractivity contribution >= 4 is 43.4 Å². The van der Waals surface area contributed by atoms with Crippen molar-refractivity contribution in [2.75, 3.05) is 0 Å². The van der Waals surface area contributed by atoms with Gasteiger partial charge < -0.3 is 75.1 Å². The summed E-state index contributed by atoms with van der Waals surface area (Å²) in [7, 11) is -4.67. The van der Waals surface area contributed by atoms with Crippen LogP contribution in [0.3, 0.4) is 0 Å². The van der Waals surface area contributed by atoms with Crippen LogP contribution in [0.15, 0.2) is 0 Å². The van der Waals surface area contributed by atoms with Gasteiger partial charge in [-0.25, -0.2) is 0 Å². The van der Waals surface area contributed by atoms with Gasteiger partial charge in [0, 0.05) is 0 Å². The SMILES string of the molecule is O.O.O.O.O.O.O.O.O.O.O.O.O=S(=O)(O)O.[NH2][Al].[NH2][Al]. The molecule has 0 fully saturated rings. The fraction of sp³-hybridized carbons (Fsp3) is 0. The van der Waals surface area contributed by atoms with Crippen LogP contribution in [-0.4, -0.2) is 116 Å². The molecule has 0 aliphatic heterocycles. The Hall–Kier alpha value is 0.375. The number of hydrogen-bond donors (Lipinski definition) is 4. The standard InChI is InChI=1S/2Al.2H2N.H2O4S.12H2O/c;;;;1-5(2,3)4;;;;;;;;;;;;/h;;2*1H2;(H2,1,2,3,4);12*1H2/q2*+1;2*-1;;;;;;;;;;;;;. The quantitative estimate of drug-likeness (QED) is 0.225. The van der Waals surface area contributed by atoms with Gasteiger partial charge in [0.25, 0.3) is 0 Å². The van der Waals surface area contributed by atoms with E-state index < -0.39 is 10.4 Å². The predicted octanol–water partition coefficient (Wildman–Crippen LogP) is -12.5. The van der Waals surface area contributed by atoms with Crippen molar-refractivity contribution in [1.82, 2.24) is 0 Å². The molecule has 0 atom stereocenters. The van der Waals surface area contributed by atoms with E-state index in [0.717, 1.165) is 0 Å². The smallest absolute Gasteiger partial charge is 0.394 e. The van der Waals surface area contributed by atoms with E-state index in [2.05, 4.69) is 9.43 Å². The Balaban J connectivity index is -0.00000000164. The highest BCUT2D eigenvalue weighted by molar-refractivity contribution is 7.79. The maximum absolute atomic E-state index is 8.74. The van der Waals surface area contributed by atoms with E-state index in [1.165, 1.54) is 0 Å². The molecule has 0 saturated carbocycles. The molecule has 0 heterocycles. The maximum Gasteiger partial charge on any atom is 0.394 e. The van der Waals surface area contributed by atoms with E-state index >= 15 is 0 Å². The molecule has 21 heteroatoms. The monoisotopic (exact) mass is 400 g/mol. The van der Waals surface area contributed by atoms with Gasteiger partial charge in [0.2, 0.25) is 33.0 Å². The molecule has 0 rings (SSSR count). The van der Waals surface area contributed by atoms with Gasteiger partial charge in [0.15, 0.2) is 0 Å². The first kappa shape index (κ1) is 218. The Morgan fingerprint density at radius 2 is 0.476 bits per heavy atom. The van der Waals surface area contributed by atoms with Gasteiger partial charge in [0.1, 0.15) is 0 Å². The summed E-state index contributed by atoms with van der Waals surface area (Å²) in [5.74, 6) is 0. The molecule has 21 heavy (non-hydrogen) atoms. The molecular formula is H30Al2N2O16S. The minimum atomic E-state index is -4.67. The molecule has 0 bridgehead atoms. The lowest BCUT2D eigenvalue weighted by molar-refractivity contribution is 0.381. The number of nitrogens with two attached hydrogens (primary N) is 2. The fourth-order valence-corrected chi connectivity index (χ4v) is 0. The van der Waals surface area contributed by atoms with Gasteiger partial charge in [-0.15, -0.1) is 0 Å². The second kappa shape index (κ2) is 188. The Morgan fingerprint density at radius 3 is 0.476 bits per heavy atom. The van der Waals surface area contributed by atoms with Crippen molar-refractivity contribution in [3.63, 3.8) is 0 Å². The third kappa shape index (κ3) is 48900. The first-order chi connectivity index (χ1) is 4.00. The van der Waals surface area contributed by atoms with Crippen LogP contribution in [0.25, 0.3) is 0 Å². The summed E-state index contributed by atoms with van der Waals surface area (Å²) in [4.78, 5) is 0. The Bertz CT molecular complexity index is 107. The predicted molar refractivity (Wildman–Crippen MR) is 77.4 cm³/mol. The molecule has 148 valence electrons. The minimum absolute atomic E-state index is 0. The Morgan fingerprint density at radius 1 is 0.476 bits per heavy atom. The van der Waals surface area contributed by atoms with E-state index in [0.29, 0.717) is 0 Å². The highest BCUT2D eigenvalue weighted by Gasteiger charge is 1.84. The van der Waals surface area contributed by atoms with Gasteiger partial charge in [-0.05, 0) is 0 Å². The Kier molecular flexibility index (Phi) is 1960. The summed E-state index contributed by atoms with van der Waals surface area (Å²) in [6.07, 6.45) is 0. The van der Waals surface area contributed by atoms with Crippen LogP contribution in [0, 0.1) is 0 Å². The normalized spacial score (nSPS) is 3.24. The molecule has 0 aromatic heterocycles. The zero-order valence-corrected chi connectivity index (χ0v) is 13.6. The lowest BCUT2D eigenvalue weighted by Crippen LogP contribution is -1.89. The van der Waals surface area contributed by atoms with E-state index in [1.807, 2.05) is 33.0 Å². The van der Waals surface area contributed by atoms with Crippen molar-refractivity contribution in [3.05, 3.63) is 0 Å². The molecule has 0 saturated heterocycles. The highest BCUT2D eigenvalue weighted by Crippen LogP contribution is 1.59. The summed E-state index contributed by atoms with van der Waals surface area (Å²) >= 11 is 3.83. The third-order valence-electron chi connectivity index (χ3n) is 0. The average molecular weight is 400 g/mol. The summed E-state index contributed by atoms with van der Waals surface area (Å²) in [5.41, 5.74) is 0. The molecule has 0 amide bonds.